The summed E-state index contributed by atoms with van der Waals surface area (Å²) >= 11 is 5.79. The maximum absolute atomic E-state index is 12.1. The molecule has 0 fully saturated rings. The van der Waals surface area contributed by atoms with Gasteiger partial charge in [0.15, 0.2) is 6.61 Å². The van der Waals surface area contributed by atoms with Gasteiger partial charge in [-0.1, -0.05) is 11.6 Å². The number of halogens is 1. The molecule has 0 bridgehead atoms. The fraction of sp³-hybridized carbons (Fsp3) is 0.294. The molecule has 0 aliphatic rings. The minimum atomic E-state index is -0.470. The van der Waals surface area contributed by atoms with E-state index in [9.17, 15) is 9.59 Å². The minimum Gasteiger partial charge on any atom is -0.484 e. The van der Waals surface area contributed by atoms with E-state index in [-0.39, 0.29) is 19.1 Å². The number of likely N-dealkylation sites (N-methyl/N-ethyl adjacent to an activating group) is 1. The molecule has 0 radical (unpaired) electrons. The molecule has 0 atom stereocenters. The highest BCUT2D eigenvalue weighted by atomic mass is 35.5. The van der Waals surface area contributed by atoms with Crippen LogP contribution >= 0.6 is 11.6 Å². The van der Waals surface area contributed by atoms with Crippen LogP contribution in [0.15, 0.2) is 34.7 Å². The molecular weight excluding hydrogens is 334 g/mol. The van der Waals surface area contributed by atoms with Crippen molar-refractivity contribution in [3.63, 3.8) is 0 Å². The van der Waals surface area contributed by atoms with Gasteiger partial charge in [-0.3, -0.25) is 4.79 Å². The van der Waals surface area contributed by atoms with E-state index in [1.54, 1.807) is 44.3 Å². The van der Waals surface area contributed by atoms with Crippen LogP contribution in [-0.4, -0.2) is 37.5 Å². The predicted octanol–water partition coefficient (Wildman–Crippen LogP) is 3.07. The predicted molar refractivity (Wildman–Crippen MR) is 88.2 cm³/mol. The zero-order valence-electron chi connectivity index (χ0n) is 13.7. The van der Waals surface area contributed by atoms with Crippen molar-refractivity contribution >= 4 is 23.5 Å². The summed E-state index contributed by atoms with van der Waals surface area (Å²) in [4.78, 5) is 25.1. The molecule has 0 saturated carbocycles. The zero-order valence-corrected chi connectivity index (χ0v) is 14.4. The second kappa shape index (κ2) is 7.88. The van der Waals surface area contributed by atoms with Gasteiger partial charge in [0.25, 0.3) is 5.91 Å². The van der Waals surface area contributed by atoms with Crippen molar-refractivity contribution in [1.29, 1.82) is 0 Å². The number of hydrogen-bond donors (Lipinski definition) is 0. The number of aryl methyl sites for hydroxylation is 1. The first kappa shape index (κ1) is 17.9. The number of carbonyl (C=O) groups excluding carboxylic acids is 2. The van der Waals surface area contributed by atoms with Gasteiger partial charge >= 0.3 is 5.97 Å². The Hall–Kier alpha value is -2.47. The van der Waals surface area contributed by atoms with Crippen LogP contribution in [0.3, 0.4) is 0 Å². The normalized spacial score (nSPS) is 10.3. The smallest absolute Gasteiger partial charge is 0.341 e. The highest BCUT2D eigenvalue weighted by Gasteiger charge is 2.18. The number of benzene rings is 1. The average molecular weight is 352 g/mol. The molecule has 1 aromatic carbocycles. The first-order valence-electron chi connectivity index (χ1n) is 7.20. The van der Waals surface area contributed by atoms with Crippen molar-refractivity contribution in [3.05, 3.63) is 52.4 Å². The SMILES string of the molecule is COC(=O)c1cc(CN(C)C(=O)COc2ccc(Cl)cc2)oc1C. The molecule has 0 aliphatic carbocycles. The van der Waals surface area contributed by atoms with Gasteiger partial charge in [0, 0.05) is 12.1 Å². The lowest BCUT2D eigenvalue weighted by molar-refractivity contribution is -0.132. The molecule has 0 spiro atoms. The third-order valence-corrected chi connectivity index (χ3v) is 3.62. The molecule has 24 heavy (non-hydrogen) atoms. The van der Waals surface area contributed by atoms with Crippen molar-refractivity contribution in [3.8, 4) is 5.75 Å². The van der Waals surface area contributed by atoms with Crippen molar-refractivity contribution in [2.45, 2.75) is 13.5 Å². The van der Waals surface area contributed by atoms with Crippen LogP contribution in [0.1, 0.15) is 21.9 Å². The molecule has 0 N–H and O–H groups in total. The monoisotopic (exact) mass is 351 g/mol. The fourth-order valence-corrected chi connectivity index (χ4v) is 2.17. The van der Waals surface area contributed by atoms with Crippen LogP contribution in [0.25, 0.3) is 0 Å². The number of carbonyl (C=O) groups is 2. The highest BCUT2D eigenvalue weighted by Crippen LogP contribution is 2.18. The number of methoxy groups -OCH3 is 1. The van der Waals surface area contributed by atoms with Gasteiger partial charge < -0.3 is 18.8 Å². The molecular formula is C17H18ClNO5. The Balaban J connectivity index is 1.91. The lowest BCUT2D eigenvalue weighted by atomic mass is 10.2. The highest BCUT2D eigenvalue weighted by molar-refractivity contribution is 6.30. The molecule has 128 valence electrons. The van der Waals surface area contributed by atoms with Crippen molar-refractivity contribution < 1.29 is 23.5 Å². The molecule has 0 saturated heterocycles. The number of hydrogen-bond acceptors (Lipinski definition) is 5. The molecule has 1 heterocycles. The summed E-state index contributed by atoms with van der Waals surface area (Å²) in [5, 5.41) is 0.598. The Morgan fingerprint density at radius 1 is 1.25 bits per heavy atom. The van der Waals surface area contributed by atoms with Gasteiger partial charge in [0.05, 0.1) is 13.7 Å². The third kappa shape index (κ3) is 4.52. The molecule has 2 rings (SSSR count). The quantitative estimate of drug-likeness (QED) is 0.748. The van der Waals surface area contributed by atoms with Crippen LogP contribution in [0.5, 0.6) is 5.75 Å². The lowest BCUT2D eigenvalue weighted by Gasteiger charge is -2.16. The van der Waals surface area contributed by atoms with Gasteiger partial charge in [0.2, 0.25) is 0 Å². The van der Waals surface area contributed by atoms with Gasteiger partial charge in [-0.05, 0) is 37.3 Å². The summed E-state index contributed by atoms with van der Waals surface area (Å²) in [5.41, 5.74) is 0.353. The summed E-state index contributed by atoms with van der Waals surface area (Å²) in [6, 6.07) is 8.32. The Morgan fingerprint density at radius 3 is 2.54 bits per heavy atom. The van der Waals surface area contributed by atoms with Gasteiger partial charge in [-0.2, -0.15) is 0 Å². The Kier molecular flexibility index (Phi) is 5.87. The Labute approximate surface area is 144 Å². The van der Waals surface area contributed by atoms with Crippen LogP contribution in [0.2, 0.25) is 5.02 Å². The number of esters is 1. The molecule has 0 unspecified atom stereocenters. The van der Waals surface area contributed by atoms with E-state index in [0.717, 1.165) is 0 Å². The van der Waals surface area contributed by atoms with E-state index in [4.69, 9.17) is 20.8 Å². The van der Waals surface area contributed by atoms with E-state index in [2.05, 4.69) is 4.74 Å². The third-order valence-electron chi connectivity index (χ3n) is 3.37. The second-order valence-electron chi connectivity index (χ2n) is 5.17. The largest absolute Gasteiger partial charge is 0.484 e. The zero-order chi connectivity index (χ0) is 17.7. The van der Waals surface area contributed by atoms with Crippen molar-refractivity contribution in [2.75, 3.05) is 20.8 Å². The number of ether oxygens (including phenoxy) is 2. The summed E-state index contributed by atoms with van der Waals surface area (Å²) in [5.74, 6) is 0.814. The first-order chi connectivity index (χ1) is 11.4. The number of amides is 1. The molecule has 6 nitrogen and oxygen atoms in total. The number of furan rings is 1. The van der Waals surface area contributed by atoms with Gasteiger partial charge in [-0.25, -0.2) is 4.79 Å². The maximum Gasteiger partial charge on any atom is 0.341 e. The lowest BCUT2D eigenvalue weighted by Crippen LogP contribution is -2.30. The molecule has 2 aromatic rings. The number of nitrogens with zero attached hydrogens (tertiary/aromatic N) is 1. The van der Waals surface area contributed by atoms with E-state index in [0.29, 0.717) is 27.9 Å². The molecule has 0 aliphatic heterocycles. The topological polar surface area (TPSA) is 69.0 Å². The van der Waals surface area contributed by atoms with E-state index >= 15 is 0 Å². The molecule has 1 aromatic heterocycles. The van der Waals surface area contributed by atoms with Gasteiger partial charge in [0.1, 0.15) is 22.8 Å². The van der Waals surface area contributed by atoms with Crippen LogP contribution in [0, 0.1) is 6.92 Å². The summed E-state index contributed by atoms with van der Waals surface area (Å²) in [6.07, 6.45) is 0. The van der Waals surface area contributed by atoms with Crippen LogP contribution < -0.4 is 4.74 Å². The van der Waals surface area contributed by atoms with E-state index in [1.165, 1.54) is 12.0 Å². The number of rotatable bonds is 6. The standard InChI is InChI=1S/C17H18ClNO5/c1-11-15(17(21)22-3)8-14(24-11)9-19(2)16(20)10-23-13-6-4-12(18)5-7-13/h4-8H,9-10H2,1-3H3. The fourth-order valence-electron chi connectivity index (χ4n) is 2.04. The second-order valence-corrected chi connectivity index (χ2v) is 5.60. The Morgan fingerprint density at radius 2 is 1.92 bits per heavy atom. The van der Waals surface area contributed by atoms with Crippen LogP contribution in [-0.2, 0) is 16.1 Å². The molecule has 7 heteroatoms. The Bertz CT molecular complexity index is 723. The minimum absolute atomic E-state index is 0.109. The summed E-state index contributed by atoms with van der Waals surface area (Å²) in [6.45, 7) is 1.78. The van der Waals surface area contributed by atoms with Crippen LogP contribution in [0.4, 0.5) is 0 Å². The van der Waals surface area contributed by atoms with Crippen molar-refractivity contribution in [1.82, 2.24) is 4.90 Å². The average Bonchev–Trinajstić information content (AvgIpc) is 2.93. The maximum atomic E-state index is 12.1. The first-order valence-corrected chi connectivity index (χ1v) is 7.58. The van der Waals surface area contributed by atoms with Crippen molar-refractivity contribution in [2.24, 2.45) is 0 Å². The molecule has 1 amide bonds. The summed E-state index contributed by atoms with van der Waals surface area (Å²) < 4.78 is 15.6. The van der Waals surface area contributed by atoms with E-state index in [1.807, 2.05) is 0 Å². The van der Waals surface area contributed by atoms with Gasteiger partial charge in [-0.15, -0.1) is 0 Å². The summed E-state index contributed by atoms with van der Waals surface area (Å²) in [7, 11) is 2.93. The van der Waals surface area contributed by atoms with E-state index < -0.39 is 5.97 Å².